The minimum atomic E-state index is -4.29. The summed E-state index contributed by atoms with van der Waals surface area (Å²) in [6, 6.07) is 6.01. The van der Waals surface area contributed by atoms with Gasteiger partial charge in [-0.1, -0.05) is 0 Å². The minimum Gasteiger partial charge on any atom is -0.440 e. The van der Waals surface area contributed by atoms with Gasteiger partial charge in [0.2, 0.25) is 0 Å². The third kappa shape index (κ3) is 4.59. The molecule has 0 saturated carbocycles. The highest BCUT2D eigenvalue weighted by atomic mass is 32.2. The van der Waals surface area contributed by atoms with Gasteiger partial charge in [-0.05, 0) is 62.2 Å². The van der Waals surface area contributed by atoms with Crippen LogP contribution in [0.3, 0.4) is 0 Å². The molecule has 3 unspecified atom stereocenters. The largest absolute Gasteiger partial charge is 0.440 e. The lowest BCUT2D eigenvalue weighted by molar-refractivity contribution is -0.137. The number of likely N-dealkylation sites (tertiary alicyclic amines) is 1. The van der Waals surface area contributed by atoms with E-state index in [0.717, 1.165) is 62.0 Å². The maximum Gasteiger partial charge on any atom is 0.416 e. The van der Waals surface area contributed by atoms with Gasteiger partial charge >= 0.3 is 6.18 Å². The molecule has 5 rings (SSSR count). The molecule has 1 N–H and O–H groups in total. The van der Waals surface area contributed by atoms with Gasteiger partial charge in [-0.3, -0.25) is 5.43 Å². The fourth-order valence-corrected chi connectivity index (χ4v) is 6.12. The van der Waals surface area contributed by atoms with Crippen LogP contribution in [0.1, 0.15) is 29.9 Å². The van der Waals surface area contributed by atoms with Gasteiger partial charge in [-0.15, -0.1) is 11.8 Å². The van der Waals surface area contributed by atoms with Crippen molar-refractivity contribution in [3.8, 4) is 0 Å². The van der Waals surface area contributed by atoms with Gasteiger partial charge < -0.3 is 19.1 Å². The molecule has 3 aliphatic heterocycles. The molecule has 0 aliphatic carbocycles. The van der Waals surface area contributed by atoms with Crippen molar-refractivity contribution in [2.24, 2.45) is 11.0 Å². The van der Waals surface area contributed by atoms with Gasteiger partial charge in [0.05, 0.1) is 11.3 Å². The first-order valence-electron chi connectivity index (χ1n) is 11.6. The Morgan fingerprint density at radius 2 is 2.00 bits per heavy atom. The highest BCUT2D eigenvalue weighted by Gasteiger charge is 2.41. The Bertz CT molecular complexity index is 1030. The molecule has 2 aromatic rings. The van der Waals surface area contributed by atoms with Gasteiger partial charge in [0.15, 0.2) is 23.5 Å². The zero-order valence-electron chi connectivity index (χ0n) is 19.3. The first kappa shape index (κ1) is 23.3. The second-order valence-corrected chi connectivity index (χ2v) is 10.3. The van der Waals surface area contributed by atoms with Gasteiger partial charge in [-0.25, -0.2) is 4.98 Å². The minimum absolute atomic E-state index is 0.0626. The number of hydrogen-bond donors (Lipinski definition) is 1. The Hall–Kier alpha value is -2.40. The number of benzene rings is 1. The summed E-state index contributed by atoms with van der Waals surface area (Å²) in [5, 5.41) is 4.41. The zero-order valence-corrected chi connectivity index (χ0v) is 20.1. The summed E-state index contributed by atoms with van der Waals surface area (Å²) in [5.41, 5.74) is 4.36. The number of amidine groups is 1. The maximum absolute atomic E-state index is 12.9. The molecule has 1 aromatic heterocycles. The second-order valence-electron chi connectivity index (χ2n) is 9.13. The number of thioether (sulfide) groups is 1. The molecule has 0 amide bonds. The topological polar surface area (TPSA) is 60.1 Å². The molecule has 2 fully saturated rings. The van der Waals surface area contributed by atoms with Crippen LogP contribution in [0.5, 0.6) is 0 Å². The number of aromatic nitrogens is 1. The van der Waals surface area contributed by atoms with E-state index in [9.17, 15) is 13.2 Å². The molecule has 0 spiro atoms. The predicted octanol–water partition coefficient (Wildman–Crippen LogP) is 3.82. The number of alkyl halides is 3. The van der Waals surface area contributed by atoms with E-state index in [1.54, 1.807) is 12.1 Å². The van der Waals surface area contributed by atoms with Crippen LogP contribution < -0.4 is 10.3 Å². The van der Waals surface area contributed by atoms with Crippen molar-refractivity contribution < 1.29 is 17.6 Å². The zero-order chi connectivity index (χ0) is 23.9. The number of nitrogens with zero attached hydrogens (tertiary/aromatic N) is 5. The Morgan fingerprint density at radius 3 is 2.71 bits per heavy atom. The van der Waals surface area contributed by atoms with Gasteiger partial charge in [0.1, 0.15) is 0 Å². The lowest BCUT2D eigenvalue weighted by Gasteiger charge is -2.27. The Morgan fingerprint density at radius 1 is 1.21 bits per heavy atom. The Balaban J connectivity index is 1.07. The summed E-state index contributed by atoms with van der Waals surface area (Å²) >= 11 is 1.81. The molecule has 11 heteroatoms. The number of anilines is 1. The summed E-state index contributed by atoms with van der Waals surface area (Å²) in [6.07, 6.45) is -0.701. The molecule has 3 atom stereocenters. The van der Waals surface area contributed by atoms with Crippen LogP contribution in [0, 0.1) is 12.8 Å². The van der Waals surface area contributed by atoms with Crippen LogP contribution in [-0.2, 0) is 6.18 Å². The standard InChI is InChI=1S/C23H29F3N6OS/c1-15-20(33-14-27-15)21-28-29-22(30(21)2)34-11-3-9-31-12-16-8-10-32(19(16)13-31)18-6-4-17(5-7-18)23(24,25)26/h4-7,14,16,19,22,29H,3,8-13H2,1-2H3. The number of halogens is 3. The molecule has 0 bridgehead atoms. The van der Waals surface area contributed by atoms with Gasteiger partial charge in [0.25, 0.3) is 0 Å². The van der Waals surface area contributed by atoms with Crippen LogP contribution in [0.2, 0.25) is 0 Å². The van der Waals surface area contributed by atoms with Crippen molar-refractivity contribution in [2.75, 3.05) is 43.9 Å². The molecule has 7 nitrogen and oxygen atoms in total. The van der Waals surface area contributed by atoms with Crippen molar-refractivity contribution in [1.29, 1.82) is 0 Å². The number of rotatable bonds is 7. The van der Waals surface area contributed by atoms with Crippen LogP contribution >= 0.6 is 11.8 Å². The molecule has 2 saturated heterocycles. The smallest absolute Gasteiger partial charge is 0.416 e. The van der Waals surface area contributed by atoms with Crippen LogP contribution in [-0.4, -0.2) is 71.1 Å². The number of oxazole rings is 1. The van der Waals surface area contributed by atoms with E-state index < -0.39 is 11.7 Å². The predicted molar refractivity (Wildman–Crippen MR) is 127 cm³/mol. The van der Waals surface area contributed by atoms with E-state index in [1.165, 1.54) is 18.5 Å². The van der Waals surface area contributed by atoms with Crippen LogP contribution in [0.15, 0.2) is 40.2 Å². The van der Waals surface area contributed by atoms with Gasteiger partial charge in [0, 0.05) is 38.4 Å². The first-order chi connectivity index (χ1) is 16.3. The van der Waals surface area contributed by atoms with Crippen molar-refractivity contribution in [1.82, 2.24) is 20.2 Å². The van der Waals surface area contributed by atoms with Crippen molar-refractivity contribution in [3.63, 3.8) is 0 Å². The van der Waals surface area contributed by atoms with Crippen LogP contribution in [0.4, 0.5) is 18.9 Å². The van der Waals surface area contributed by atoms with Crippen molar-refractivity contribution in [3.05, 3.63) is 47.7 Å². The SMILES string of the molecule is Cc1ncoc1C1=NNC(SCCCN2CC3CCN(c4ccc(C(F)(F)F)cc4)C3C2)N1C. The lowest BCUT2D eigenvalue weighted by Crippen LogP contribution is -2.36. The maximum atomic E-state index is 12.9. The molecular weight excluding hydrogens is 465 g/mol. The highest BCUT2D eigenvalue weighted by Crippen LogP contribution is 2.37. The Kier molecular flexibility index (Phi) is 6.41. The molecule has 1 aromatic carbocycles. The van der Waals surface area contributed by atoms with Crippen LogP contribution in [0.25, 0.3) is 0 Å². The Labute approximate surface area is 201 Å². The second kappa shape index (κ2) is 9.33. The molecule has 184 valence electrons. The first-order valence-corrected chi connectivity index (χ1v) is 12.6. The number of aryl methyl sites for hydroxylation is 1. The fourth-order valence-electron chi connectivity index (χ4n) is 5.15. The van der Waals surface area contributed by atoms with E-state index in [4.69, 9.17) is 4.42 Å². The normalized spacial score (nSPS) is 25.1. The molecule has 4 heterocycles. The summed E-state index contributed by atoms with van der Waals surface area (Å²) in [6.45, 7) is 5.87. The van der Waals surface area contributed by atoms with E-state index >= 15 is 0 Å². The van der Waals surface area contributed by atoms with Crippen molar-refractivity contribution in [2.45, 2.75) is 37.5 Å². The lowest BCUT2D eigenvalue weighted by atomic mass is 10.0. The van der Waals surface area contributed by atoms with E-state index in [1.807, 2.05) is 25.7 Å². The number of fused-ring (bicyclic) bond motifs is 1. The van der Waals surface area contributed by atoms with E-state index in [2.05, 4.69) is 30.2 Å². The van der Waals surface area contributed by atoms with Gasteiger partial charge in [-0.2, -0.15) is 18.3 Å². The number of hydrazone groups is 1. The average Bonchev–Trinajstić information content (AvgIpc) is 3.56. The average molecular weight is 495 g/mol. The monoisotopic (exact) mass is 494 g/mol. The summed E-state index contributed by atoms with van der Waals surface area (Å²) in [4.78, 5) is 11.0. The fraction of sp³-hybridized carbons (Fsp3) is 0.565. The number of nitrogens with one attached hydrogen (secondary N) is 1. The van der Waals surface area contributed by atoms with E-state index in [-0.39, 0.29) is 5.50 Å². The third-order valence-electron chi connectivity index (χ3n) is 6.96. The quantitative estimate of drug-likeness (QED) is 0.588. The van der Waals surface area contributed by atoms with E-state index in [0.29, 0.717) is 17.7 Å². The summed E-state index contributed by atoms with van der Waals surface area (Å²) in [7, 11) is 2.00. The molecule has 3 aliphatic rings. The highest BCUT2D eigenvalue weighted by molar-refractivity contribution is 7.99. The molecule has 34 heavy (non-hydrogen) atoms. The molecular formula is C23H29F3N6OS. The summed E-state index contributed by atoms with van der Waals surface area (Å²) in [5.74, 6) is 3.04. The molecule has 0 radical (unpaired) electrons. The summed E-state index contributed by atoms with van der Waals surface area (Å²) < 4.78 is 44.1. The van der Waals surface area contributed by atoms with Crippen molar-refractivity contribution >= 4 is 23.3 Å². The third-order valence-corrected chi connectivity index (χ3v) is 8.22. The number of hydrogen-bond acceptors (Lipinski definition) is 8.